The van der Waals surface area contributed by atoms with Gasteiger partial charge in [0.2, 0.25) is 0 Å². The first-order chi connectivity index (χ1) is 11.6. The highest BCUT2D eigenvalue weighted by Crippen LogP contribution is 2.36. The predicted molar refractivity (Wildman–Crippen MR) is 91.7 cm³/mol. The van der Waals surface area contributed by atoms with Gasteiger partial charge in [0.05, 0.1) is 23.8 Å². The number of nitrogens with zero attached hydrogens (tertiary/aromatic N) is 2. The molecule has 0 unspecified atom stereocenters. The minimum absolute atomic E-state index is 0.0506. The third kappa shape index (κ3) is 3.18. The lowest BCUT2D eigenvalue weighted by Gasteiger charge is -2.24. The molecule has 1 atom stereocenters. The van der Waals surface area contributed by atoms with E-state index in [2.05, 4.69) is 5.32 Å². The zero-order valence-electron chi connectivity index (χ0n) is 13.1. The molecule has 1 fully saturated rings. The zero-order valence-corrected chi connectivity index (χ0v) is 13.9. The van der Waals surface area contributed by atoms with Crippen molar-refractivity contribution in [3.63, 3.8) is 0 Å². The molecule has 2 amide bonds. The minimum atomic E-state index is -0.501. The lowest BCUT2D eigenvalue weighted by atomic mass is 10.2. The van der Waals surface area contributed by atoms with Gasteiger partial charge in [-0.05, 0) is 30.4 Å². The van der Waals surface area contributed by atoms with E-state index in [1.54, 1.807) is 16.2 Å². The first-order valence-electron chi connectivity index (χ1n) is 7.53. The molecule has 1 N–H and O–H groups in total. The van der Waals surface area contributed by atoms with Crippen LogP contribution in [0, 0.1) is 10.1 Å². The number of carbonyl (C=O) groups excluding carboxylic acids is 1. The molecule has 0 bridgehead atoms. The van der Waals surface area contributed by atoms with Crippen LogP contribution in [0.15, 0.2) is 35.7 Å². The van der Waals surface area contributed by atoms with E-state index in [1.165, 1.54) is 25.3 Å². The summed E-state index contributed by atoms with van der Waals surface area (Å²) in [6.07, 6.45) is 1.85. The quantitative estimate of drug-likeness (QED) is 0.668. The van der Waals surface area contributed by atoms with Crippen LogP contribution in [0.2, 0.25) is 0 Å². The number of thiophene rings is 1. The number of nitro benzene ring substituents is 1. The molecular formula is C16H17N3O4S. The molecule has 3 rings (SSSR count). The summed E-state index contributed by atoms with van der Waals surface area (Å²) < 4.78 is 5.19. The molecule has 1 aliphatic heterocycles. The smallest absolute Gasteiger partial charge is 0.322 e. The number of ether oxygens (including phenoxy) is 1. The number of nitrogens with one attached hydrogen (secondary N) is 1. The van der Waals surface area contributed by atoms with E-state index in [9.17, 15) is 14.9 Å². The van der Waals surface area contributed by atoms with Gasteiger partial charge in [0.25, 0.3) is 5.69 Å². The number of anilines is 1. The van der Waals surface area contributed by atoms with Crippen LogP contribution < -0.4 is 10.1 Å². The number of amides is 2. The number of carbonyl (C=O) groups is 1. The summed E-state index contributed by atoms with van der Waals surface area (Å²) in [6.45, 7) is 0.658. The third-order valence-corrected chi connectivity index (χ3v) is 4.99. The van der Waals surface area contributed by atoms with Crippen molar-refractivity contribution in [3.05, 3.63) is 50.7 Å². The normalized spacial score (nSPS) is 16.9. The first kappa shape index (κ1) is 16.3. The molecule has 2 heterocycles. The number of non-ortho nitro benzene ring substituents is 1. The summed E-state index contributed by atoms with van der Waals surface area (Å²) in [4.78, 5) is 26.0. The molecule has 126 valence electrons. The molecule has 2 aromatic rings. The number of rotatable bonds is 4. The maximum atomic E-state index is 12.7. The fourth-order valence-electron chi connectivity index (χ4n) is 2.88. The van der Waals surface area contributed by atoms with Gasteiger partial charge in [0, 0.05) is 23.6 Å². The second-order valence-corrected chi connectivity index (χ2v) is 6.42. The topological polar surface area (TPSA) is 84.7 Å². The molecule has 1 aromatic heterocycles. The molecule has 1 aromatic carbocycles. The van der Waals surface area contributed by atoms with Crippen molar-refractivity contribution in [1.29, 1.82) is 0 Å². The van der Waals surface area contributed by atoms with E-state index in [-0.39, 0.29) is 17.8 Å². The number of hydrogen-bond donors (Lipinski definition) is 1. The monoisotopic (exact) mass is 347 g/mol. The summed E-state index contributed by atoms with van der Waals surface area (Å²) in [6, 6.07) is 7.91. The number of benzene rings is 1. The summed E-state index contributed by atoms with van der Waals surface area (Å²) >= 11 is 1.63. The summed E-state index contributed by atoms with van der Waals surface area (Å²) in [5, 5.41) is 15.7. The Balaban J connectivity index is 1.81. The molecule has 7 nitrogen and oxygen atoms in total. The summed E-state index contributed by atoms with van der Waals surface area (Å²) in [5.41, 5.74) is 0.204. The van der Waals surface area contributed by atoms with Gasteiger partial charge >= 0.3 is 6.03 Å². The van der Waals surface area contributed by atoms with Crippen molar-refractivity contribution in [3.8, 4) is 5.75 Å². The van der Waals surface area contributed by atoms with Crippen molar-refractivity contribution < 1.29 is 14.5 Å². The van der Waals surface area contributed by atoms with Gasteiger partial charge in [-0.15, -0.1) is 11.3 Å². The molecule has 0 radical (unpaired) electrons. The Morgan fingerprint density at radius 2 is 2.29 bits per heavy atom. The summed E-state index contributed by atoms with van der Waals surface area (Å²) in [5.74, 6) is 0.390. The van der Waals surface area contributed by atoms with E-state index >= 15 is 0 Å². The minimum Gasteiger partial charge on any atom is -0.495 e. The molecule has 0 spiro atoms. The molecule has 0 aliphatic carbocycles. The molecular weight excluding hydrogens is 330 g/mol. The van der Waals surface area contributed by atoms with E-state index in [0.717, 1.165) is 17.7 Å². The van der Waals surface area contributed by atoms with Crippen LogP contribution >= 0.6 is 11.3 Å². The van der Waals surface area contributed by atoms with Crippen LogP contribution in [0.5, 0.6) is 5.75 Å². The standard InChI is InChI=1S/C16H17N3O4S/c1-23-14-7-6-11(19(21)22)10-12(14)17-16(20)18-8-2-4-13(18)15-5-3-9-24-15/h3,5-7,9-10,13H,2,4,8H2,1H3,(H,17,20)/t13-/m0/s1. The van der Waals surface area contributed by atoms with Crippen molar-refractivity contribution in [1.82, 2.24) is 4.90 Å². The van der Waals surface area contributed by atoms with Crippen LogP contribution in [-0.4, -0.2) is 29.5 Å². The Bertz CT molecular complexity index is 748. The molecule has 24 heavy (non-hydrogen) atoms. The van der Waals surface area contributed by atoms with Gasteiger partial charge in [0.1, 0.15) is 5.75 Å². The van der Waals surface area contributed by atoms with E-state index < -0.39 is 4.92 Å². The molecule has 8 heteroatoms. The lowest BCUT2D eigenvalue weighted by molar-refractivity contribution is -0.384. The molecule has 1 saturated heterocycles. The largest absolute Gasteiger partial charge is 0.495 e. The number of hydrogen-bond acceptors (Lipinski definition) is 5. The highest BCUT2D eigenvalue weighted by molar-refractivity contribution is 7.10. The first-order valence-corrected chi connectivity index (χ1v) is 8.41. The third-order valence-electron chi connectivity index (χ3n) is 4.02. The van der Waals surface area contributed by atoms with Crippen LogP contribution in [0.1, 0.15) is 23.8 Å². The van der Waals surface area contributed by atoms with Crippen molar-refractivity contribution in [2.45, 2.75) is 18.9 Å². The SMILES string of the molecule is COc1ccc([N+](=O)[O-])cc1NC(=O)N1CCC[C@H]1c1cccs1. The Kier molecular flexibility index (Phi) is 4.66. The highest BCUT2D eigenvalue weighted by Gasteiger charge is 2.31. The average Bonchev–Trinajstić information content (AvgIpc) is 3.25. The van der Waals surface area contributed by atoms with Gasteiger partial charge in [-0.25, -0.2) is 4.79 Å². The van der Waals surface area contributed by atoms with E-state index in [0.29, 0.717) is 18.0 Å². The van der Waals surface area contributed by atoms with Crippen LogP contribution in [0.25, 0.3) is 0 Å². The Morgan fingerprint density at radius 1 is 1.46 bits per heavy atom. The Hall–Kier alpha value is -2.61. The van der Waals surface area contributed by atoms with Gasteiger partial charge in [-0.2, -0.15) is 0 Å². The molecule has 1 aliphatic rings. The number of likely N-dealkylation sites (tertiary alicyclic amines) is 1. The zero-order chi connectivity index (χ0) is 17.1. The fourth-order valence-corrected chi connectivity index (χ4v) is 3.75. The van der Waals surface area contributed by atoms with Gasteiger partial charge in [-0.1, -0.05) is 6.07 Å². The lowest BCUT2D eigenvalue weighted by Crippen LogP contribution is -2.34. The average molecular weight is 347 g/mol. The highest BCUT2D eigenvalue weighted by atomic mass is 32.1. The van der Waals surface area contributed by atoms with Gasteiger partial charge in [-0.3, -0.25) is 10.1 Å². The second kappa shape index (κ2) is 6.88. The Morgan fingerprint density at radius 3 is 2.96 bits per heavy atom. The predicted octanol–water partition coefficient (Wildman–Crippen LogP) is 4.03. The van der Waals surface area contributed by atoms with Crippen LogP contribution in [0.3, 0.4) is 0 Å². The van der Waals surface area contributed by atoms with Crippen molar-refractivity contribution in [2.75, 3.05) is 19.0 Å². The summed E-state index contributed by atoms with van der Waals surface area (Å²) in [7, 11) is 1.46. The maximum Gasteiger partial charge on any atom is 0.322 e. The van der Waals surface area contributed by atoms with Crippen molar-refractivity contribution >= 4 is 28.7 Å². The number of urea groups is 1. The maximum absolute atomic E-state index is 12.7. The molecule has 0 saturated carbocycles. The van der Waals surface area contributed by atoms with Gasteiger partial charge in [0.15, 0.2) is 0 Å². The number of nitro groups is 1. The number of methoxy groups -OCH3 is 1. The van der Waals surface area contributed by atoms with Crippen LogP contribution in [-0.2, 0) is 0 Å². The van der Waals surface area contributed by atoms with Crippen LogP contribution in [0.4, 0.5) is 16.2 Å². The Labute approximate surface area is 143 Å². The second-order valence-electron chi connectivity index (χ2n) is 5.44. The van der Waals surface area contributed by atoms with E-state index in [4.69, 9.17) is 4.74 Å². The van der Waals surface area contributed by atoms with E-state index in [1.807, 2.05) is 17.5 Å². The van der Waals surface area contributed by atoms with Gasteiger partial charge < -0.3 is 15.0 Å². The van der Waals surface area contributed by atoms with Crippen molar-refractivity contribution in [2.24, 2.45) is 0 Å². The fraction of sp³-hybridized carbons (Fsp3) is 0.312.